The highest BCUT2D eigenvalue weighted by atomic mass is 32.2. The Labute approximate surface area is 124 Å². The highest BCUT2D eigenvalue weighted by molar-refractivity contribution is 7.89. The molecule has 0 spiro atoms. The molecule has 0 aromatic heterocycles. The van der Waals surface area contributed by atoms with E-state index in [1.54, 1.807) is 0 Å². The predicted molar refractivity (Wildman–Crippen MR) is 75.7 cm³/mol. The van der Waals surface area contributed by atoms with Crippen molar-refractivity contribution in [2.24, 2.45) is 0 Å². The fraction of sp³-hybridized carbons (Fsp3) is 0.571. The second-order valence-corrected chi connectivity index (χ2v) is 7.51. The first kappa shape index (κ1) is 14.9. The Hall–Kier alpha value is -1.02. The van der Waals surface area contributed by atoms with E-state index < -0.39 is 22.4 Å². The van der Waals surface area contributed by atoms with Crippen molar-refractivity contribution in [1.82, 2.24) is 9.21 Å². The number of nitrogens with zero attached hydrogens (tertiary/aromatic N) is 2. The van der Waals surface area contributed by atoms with Crippen LogP contribution in [-0.2, 0) is 16.6 Å². The second kappa shape index (κ2) is 5.64. The second-order valence-electron chi connectivity index (χ2n) is 5.61. The van der Waals surface area contributed by atoms with Crippen LogP contribution in [0.1, 0.15) is 18.4 Å². The molecule has 0 saturated carbocycles. The fourth-order valence-corrected chi connectivity index (χ4v) is 4.91. The van der Waals surface area contributed by atoms with Gasteiger partial charge in [-0.25, -0.2) is 12.8 Å². The lowest BCUT2D eigenvalue weighted by atomic mass is 10.2. The molecule has 1 N–H and O–H groups in total. The van der Waals surface area contributed by atoms with Crippen molar-refractivity contribution in [3.63, 3.8) is 0 Å². The Kier molecular flexibility index (Phi) is 4.00. The van der Waals surface area contributed by atoms with Gasteiger partial charge in [-0.15, -0.1) is 0 Å². The van der Waals surface area contributed by atoms with Crippen LogP contribution in [-0.4, -0.2) is 55.0 Å². The summed E-state index contributed by atoms with van der Waals surface area (Å²) in [7, 11) is -3.76. The number of aliphatic hydroxyl groups is 1. The van der Waals surface area contributed by atoms with Gasteiger partial charge in [0.1, 0.15) is 5.82 Å². The standard InChI is InChI=1S/C14H19FN2O3S/c15-12-4-3-11(10-18)14(8-12)21(19,20)17-7-6-16-5-1-2-13(16)9-17/h3-4,8,13,18H,1-2,5-7,9-10H2. The zero-order valence-electron chi connectivity index (χ0n) is 11.7. The lowest BCUT2D eigenvalue weighted by Crippen LogP contribution is -2.52. The van der Waals surface area contributed by atoms with Crippen molar-refractivity contribution in [1.29, 1.82) is 0 Å². The minimum Gasteiger partial charge on any atom is -0.392 e. The molecule has 2 fully saturated rings. The fourth-order valence-electron chi connectivity index (χ4n) is 3.22. The zero-order chi connectivity index (χ0) is 15.0. The molecule has 0 radical (unpaired) electrons. The van der Waals surface area contributed by atoms with Crippen LogP contribution in [0.5, 0.6) is 0 Å². The third-order valence-corrected chi connectivity index (χ3v) is 6.31. The predicted octanol–water partition coefficient (Wildman–Crippen LogP) is 0.787. The van der Waals surface area contributed by atoms with Crippen LogP contribution in [0.25, 0.3) is 0 Å². The lowest BCUT2D eigenvalue weighted by Gasteiger charge is -2.36. The van der Waals surface area contributed by atoms with Crippen LogP contribution in [0.2, 0.25) is 0 Å². The molecule has 1 unspecified atom stereocenters. The summed E-state index contributed by atoms with van der Waals surface area (Å²) in [5, 5.41) is 9.31. The topological polar surface area (TPSA) is 60.9 Å². The maximum atomic E-state index is 13.4. The Morgan fingerprint density at radius 1 is 1.29 bits per heavy atom. The molecule has 2 heterocycles. The third kappa shape index (κ3) is 2.70. The van der Waals surface area contributed by atoms with Gasteiger partial charge in [0.05, 0.1) is 11.5 Å². The molecule has 1 aromatic rings. The van der Waals surface area contributed by atoms with E-state index >= 15 is 0 Å². The molecule has 0 aliphatic carbocycles. The minimum atomic E-state index is -3.76. The van der Waals surface area contributed by atoms with Gasteiger partial charge in [-0.2, -0.15) is 4.31 Å². The first-order chi connectivity index (χ1) is 10.0. The van der Waals surface area contributed by atoms with Crippen LogP contribution in [0.3, 0.4) is 0 Å². The average molecular weight is 314 g/mol. The molecule has 2 saturated heterocycles. The van der Waals surface area contributed by atoms with Crippen LogP contribution >= 0.6 is 0 Å². The number of hydrogen-bond acceptors (Lipinski definition) is 4. The van der Waals surface area contributed by atoms with E-state index in [0.717, 1.165) is 25.5 Å². The van der Waals surface area contributed by atoms with Gasteiger partial charge < -0.3 is 5.11 Å². The number of piperazine rings is 1. The van der Waals surface area contributed by atoms with Gasteiger partial charge in [-0.05, 0) is 37.1 Å². The highest BCUT2D eigenvalue weighted by Gasteiger charge is 2.37. The van der Waals surface area contributed by atoms with Gasteiger partial charge in [0.15, 0.2) is 0 Å². The van der Waals surface area contributed by atoms with Crippen molar-refractivity contribution in [3.05, 3.63) is 29.6 Å². The van der Waals surface area contributed by atoms with E-state index in [9.17, 15) is 17.9 Å². The van der Waals surface area contributed by atoms with Crippen LogP contribution < -0.4 is 0 Å². The third-order valence-electron chi connectivity index (χ3n) is 4.37. The molecule has 2 aliphatic heterocycles. The maximum absolute atomic E-state index is 13.4. The monoisotopic (exact) mass is 314 g/mol. The van der Waals surface area contributed by atoms with Crippen LogP contribution in [0.4, 0.5) is 4.39 Å². The average Bonchev–Trinajstić information content (AvgIpc) is 2.94. The number of fused-ring (bicyclic) bond motifs is 1. The summed E-state index contributed by atoms with van der Waals surface area (Å²) < 4.78 is 40.3. The smallest absolute Gasteiger partial charge is 0.243 e. The maximum Gasteiger partial charge on any atom is 0.243 e. The largest absolute Gasteiger partial charge is 0.392 e. The quantitative estimate of drug-likeness (QED) is 0.896. The minimum absolute atomic E-state index is 0.114. The molecule has 3 rings (SSSR count). The van der Waals surface area contributed by atoms with E-state index in [1.807, 2.05) is 0 Å². The van der Waals surface area contributed by atoms with Crippen molar-refractivity contribution < 1.29 is 17.9 Å². The first-order valence-electron chi connectivity index (χ1n) is 7.16. The SMILES string of the molecule is O=S(=O)(c1cc(F)ccc1CO)N1CCN2CCCC2C1. The molecule has 0 amide bonds. The highest BCUT2D eigenvalue weighted by Crippen LogP contribution is 2.27. The number of hydrogen-bond donors (Lipinski definition) is 1. The zero-order valence-corrected chi connectivity index (χ0v) is 12.5. The Bertz CT molecular complexity index is 635. The number of sulfonamides is 1. The van der Waals surface area contributed by atoms with Gasteiger partial charge in [-0.1, -0.05) is 6.07 Å². The summed E-state index contributed by atoms with van der Waals surface area (Å²) in [4.78, 5) is 2.20. The van der Waals surface area contributed by atoms with E-state index in [0.29, 0.717) is 19.6 Å². The van der Waals surface area contributed by atoms with Gasteiger partial charge in [0.2, 0.25) is 10.0 Å². The van der Waals surface area contributed by atoms with Gasteiger partial charge >= 0.3 is 0 Å². The van der Waals surface area contributed by atoms with Crippen molar-refractivity contribution in [2.75, 3.05) is 26.2 Å². The van der Waals surface area contributed by atoms with Crippen LogP contribution in [0.15, 0.2) is 23.1 Å². The van der Waals surface area contributed by atoms with Crippen molar-refractivity contribution in [3.8, 4) is 0 Å². The summed E-state index contributed by atoms with van der Waals surface area (Å²) in [6.07, 6.45) is 2.10. The summed E-state index contributed by atoms with van der Waals surface area (Å²) in [6.45, 7) is 2.19. The molecule has 0 bridgehead atoms. The Morgan fingerprint density at radius 2 is 2.10 bits per heavy atom. The molecule has 7 heteroatoms. The summed E-state index contributed by atoms with van der Waals surface area (Å²) in [6, 6.07) is 3.76. The molecular weight excluding hydrogens is 295 g/mol. The van der Waals surface area contributed by atoms with Crippen LogP contribution in [0, 0.1) is 5.82 Å². The molecule has 116 valence electrons. The van der Waals surface area contributed by atoms with Crippen molar-refractivity contribution in [2.45, 2.75) is 30.4 Å². The number of benzene rings is 1. The van der Waals surface area contributed by atoms with E-state index in [-0.39, 0.29) is 16.5 Å². The summed E-state index contributed by atoms with van der Waals surface area (Å²) in [5.41, 5.74) is 0.241. The number of aliphatic hydroxyl groups excluding tert-OH is 1. The lowest BCUT2D eigenvalue weighted by molar-refractivity contribution is 0.158. The van der Waals surface area contributed by atoms with Gasteiger partial charge in [0, 0.05) is 25.7 Å². The normalized spacial score (nSPS) is 24.2. The van der Waals surface area contributed by atoms with Crippen molar-refractivity contribution >= 4 is 10.0 Å². The summed E-state index contributed by atoms with van der Waals surface area (Å²) in [5.74, 6) is -0.606. The molecule has 1 aromatic carbocycles. The summed E-state index contributed by atoms with van der Waals surface area (Å²) >= 11 is 0. The Balaban J connectivity index is 1.91. The molecule has 2 aliphatic rings. The van der Waals surface area contributed by atoms with E-state index in [4.69, 9.17) is 0 Å². The Morgan fingerprint density at radius 3 is 2.86 bits per heavy atom. The molecular formula is C14H19FN2O3S. The molecule has 5 nitrogen and oxygen atoms in total. The molecule has 21 heavy (non-hydrogen) atoms. The van der Waals surface area contributed by atoms with E-state index in [1.165, 1.54) is 16.4 Å². The van der Waals surface area contributed by atoms with E-state index in [2.05, 4.69) is 4.90 Å². The van der Waals surface area contributed by atoms with Gasteiger partial charge in [-0.3, -0.25) is 4.90 Å². The number of halogens is 1. The van der Waals surface area contributed by atoms with Gasteiger partial charge in [0.25, 0.3) is 0 Å². The number of rotatable bonds is 3. The first-order valence-corrected chi connectivity index (χ1v) is 8.60. The molecule has 1 atom stereocenters.